The first-order valence-electron chi connectivity index (χ1n) is 24.1. The van der Waals surface area contributed by atoms with E-state index < -0.39 is 41.5 Å². The van der Waals surface area contributed by atoms with Crippen LogP contribution in [0.15, 0.2) is 115 Å². The number of alkyl carbamates (subject to hydrolysis) is 1. The summed E-state index contributed by atoms with van der Waals surface area (Å²) in [5.74, 6) is 3.17. The molecule has 0 spiro atoms. The van der Waals surface area contributed by atoms with Crippen molar-refractivity contribution in [1.82, 2.24) is 25.9 Å². The van der Waals surface area contributed by atoms with Gasteiger partial charge in [-0.25, -0.2) is 14.8 Å². The number of carbonyl (C=O) groups excluding carboxylic acids is 4. The van der Waals surface area contributed by atoms with Crippen molar-refractivity contribution in [2.45, 2.75) is 113 Å². The van der Waals surface area contributed by atoms with Gasteiger partial charge >= 0.3 is 6.09 Å². The number of nitrogens with one attached hydrogen (secondary N) is 4. The first-order chi connectivity index (χ1) is 33.3. The van der Waals surface area contributed by atoms with Crippen molar-refractivity contribution in [3.8, 4) is 5.75 Å². The van der Waals surface area contributed by atoms with Gasteiger partial charge in [0, 0.05) is 47.6 Å². The Kier molecular flexibility index (Phi) is 16.3. The van der Waals surface area contributed by atoms with Crippen LogP contribution in [0.3, 0.4) is 0 Å². The number of thioether (sulfide) groups is 2. The summed E-state index contributed by atoms with van der Waals surface area (Å²) in [6.45, 7) is 8.16. The van der Waals surface area contributed by atoms with E-state index in [0.717, 1.165) is 65.8 Å². The number of aromatic nitrogens is 2. The van der Waals surface area contributed by atoms with Crippen LogP contribution >= 0.6 is 23.5 Å². The van der Waals surface area contributed by atoms with Crippen molar-refractivity contribution in [2.75, 3.05) is 23.4 Å². The molecule has 1 saturated carbocycles. The molecular weight excluding hydrogens is 905 g/mol. The molecule has 3 aliphatic rings. The minimum absolute atomic E-state index is 0.00264. The van der Waals surface area contributed by atoms with Crippen LogP contribution in [-0.2, 0) is 55.5 Å². The molecule has 1 heterocycles. The summed E-state index contributed by atoms with van der Waals surface area (Å²) in [5.41, 5.74) is 7.45. The fraction of sp³-hybridized carbons (Fsp3) is 0.418. The Bertz CT molecular complexity index is 2560. The second-order valence-corrected chi connectivity index (χ2v) is 21.7. The van der Waals surface area contributed by atoms with Crippen molar-refractivity contribution in [2.24, 2.45) is 11.8 Å². The van der Waals surface area contributed by atoms with E-state index in [1.165, 1.54) is 34.7 Å². The maximum absolute atomic E-state index is 14.1. The summed E-state index contributed by atoms with van der Waals surface area (Å²) in [4.78, 5) is 63.5. The molecule has 4 aromatic carbocycles. The monoisotopic (exact) mass is 968 g/mol. The minimum atomic E-state index is -0.903. The molecule has 0 saturated heterocycles. The van der Waals surface area contributed by atoms with Crippen LogP contribution in [0.25, 0.3) is 0 Å². The lowest BCUT2D eigenvalue weighted by molar-refractivity contribution is -0.126. The molecule has 1 aromatic heterocycles. The average Bonchev–Trinajstić information content (AvgIpc) is 3.64. The second kappa shape index (κ2) is 22.7. The lowest BCUT2D eigenvalue weighted by atomic mass is 9.55. The number of fused-ring (bicyclic) bond motifs is 7. The third-order valence-electron chi connectivity index (χ3n) is 13.5. The maximum atomic E-state index is 14.1. The molecule has 4 amide bonds. The molecule has 0 aliphatic heterocycles. The Labute approximate surface area is 414 Å². The number of anilines is 1. The highest BCUT2D eigenvalue weighted by atomic mass is 32.2. The summed E-state index contributed by atoms with van der Waals surface area (Å²) in [6.07, 6.45) is 6.16. The van der Waals surface area contributed by atoms with Gasteiger partial charge in [0.15, 0.2) is 0 Å². The normalized spacial score (nSPS) is 19.9. The number of nitrogens with zero attached hydrogens (tertiary/aromatic N) is 2. The minimum Gasteiger partial charge on any atom is -0.489 e. The van der Waals surface area contributed by atoms with Gasteiger partial charge in [-0.05, 0) is 116 Å². The van der Waals surface area contributed by atoms with E-state index in [0.29, 0.717) is 47.4 Å². The van der Waals surface area contributed by atoms with Crippen molar-refractivity contribution in [1.29, 1.82) is 0 Å². The molecule has 14 heteroatoms. The van der Waals surface area contributed by atoms with Gasteiger partial charge in [0.1, 0.15) is 30.0 Å². The van der Waals surface area contributed by atoms with Crippen LogP contribution in [0.4, 0.5) is 10.7 Å². The molecule has 4 N–H and O–H groups in total. The Balaban J connectivity index is 0.884. The van der Waals surface area contributed by atoms with Gasteiger partial charge in [-0.15, -0.1) is 0 Å². The number of hydrogen-bond donors (Lipinski definition) is 4. The van der Waals surface area contributed by atoms with Crippen LogP contribution in [-0.4, -0.2) is 69.5 Å². The zero-order valence-corrected chi connectivity index (χ0v) is 41.6. The van der Waals surface area contributed by atoms with E-state index in [2.05, 4.69) is 63.5 Å². The lowest BCUT2D eigenvalue weighted by Gasteiger charge is -2.49. The first-order valence-corrected chi connectivity index (χ1v) is 26.4. The molecular formula is C55H64N6O6S2. The summed E-state index contributed by atoms with van der Waals surface area (Å²) in [7, 11) is 0. The predicted octanol–water partition coefficient (Wildman–Crippen LogP) is 9.32. The topological polar surface area (TPSA) is 161 Å². The molecule has 0 bridgehead atoms. The maximum Gasteiger partial charge on any atom is 0.408 e. The molecule has 69 heavy (non-hydrogen) atoms. The highest BCUT2D eigenvalue weighted by Crippen LogP contribution is 2.59. The molecule has 12 nitrogen and oxygen atoms in total. The zero-order valence-electron chi connectivity index (χ0n) is 40.0. The van der Waals surface area contributed by atoms with Gasteiger partial charge in [0.2, 0.25) is 23.7 Å². The van der Waals surface area contributed by atoms with Crippen molar-refractivity contribution < 1.29 is 28.7 Å². The lowest BCUT2D eigenvalue weighted by Crippen LogP contribution is -2.50. The van der Waals surface area contributed by atoms with Crippen LogP contribution < -0.4 is 26.0 Å². The molecule has 1 fully saturated rings. The molecule has 8 rings (SSSR count). The molecule has 3 aliphatic carbocycles. The fourth-order valence-corrected chi connectivity index (χ4v) is 12.2. The van der Waals surface area contributed by atoms with Gasteiger partial charge in [-0.1, -0.05) is 104 Å². The summed E-state index contributed by atoms with van der Waals surface area (Å²) in [5, 5.41) is 11.4. The standard InChI is InChI=1S/C55H64N6O6S2/c1-54(2,3)67-53(65)59-46(34-68-32-37-16-10-6-11-17-37)50(63)56-27-25-48(62)58-47(35-69-33-38-18-12-7-13-19-38)51(64)61-52-57-30-40-29-45-44-22-20-39-28-41(66-31-36-14-8-5-9-15-36)21-23-42(39)43(44)24-26-55(45,4)49(40)60-52/h5-19,21,23,28,30,43-47H,20,22,24-27,29,31-35H2,1-4H3,(H,56,63)(H,58,62)(H,59,65)(H,57,60,61,64)/t43-,44-,45+,46+,47+,55+/m1/s1. The number of aryl methyl sites for hydroxylation is 1. The molecule has 5 aromatic rings. The van der Waals surface area contributed by atoms with E-state index >= 15 is 0 Å². The van der Waals surface area contributed by atoms with Crippen LogP contribution in [0.5, 0.6) is 5.75 Å². The van der Waals surface area contributed by atoms with Crippen molar-refractivity contribution in [3.05, 3.63) is 154 Å². The summed E-state index contributed by atoms with van der Waals surface area (Å²) in [6, 6.07) is 35.0. The Hall–Kier alpha value is -5.86. The molecule has 362 valence electrons. The third kappa shape index (κ3) is 13.1. The van der Waals surface area contributed by atoms with E-state index in [4.69, 9.17) is 14.5 Å². The van der Waals surface area contributed by atoms with Gasteiger partial charge in [0.05, 0.1) is 5.69 Å². The Morgan fingerprint density at radius 2 is 1.42 bits per heavy atom. The largest absolute Gasteiger partial charge is 0.489 e. The zero-order chi connectivity index (χ0) is 48.4. The smallest absolute Gasteiger partial charge is 0.408 e. The van der Waals surface area contributed by atoms with Crippen molar-refractivity contribution >= 4 is 53.3 Å². The Morgan fingerprint density at radius 3 is 2.07 bits per heavy atom. The predicted molar refractivity (Wildman–Crippen MR) is 274 cm³/mol. The van der Waals surface area contributed by atoms with Crippen molar-refractivity contribution in [3.63, 3.8) is 0 Å². The summed E-state index contributed by atoms with van der Waals surface area (Å²) >= 11 is 3.04. The van der Waals surface area contributed by atoms with E-state index in [-0.39, 0.29) is 24.3 Å². The number of rotatable bonds is 19. The molecule has 0 unspecified atom stereocenters. The molecule has 6 atom stereocenters. The number of hydrogen-bond acceptors (Lipinski definition) is 10. The quantitative estimate of drug-likeness (QED) is 0.0628. The van der Waals surface area contributed by atoms with E-state index in [1.807, 2.05) is 85.1 Å². The fourth-order valence-electron chi connectivity index (χ4n) is 10.2. The number of carbonyl (C=O) groups is 4. The van der Waals surface area contributed by atoms with E-state index in [9.17, 15) is 19.2 Å². The van der Waals surface area contributed by atoms with Crippen LogP contribution in [0, 0.1) is 11.8 Å². The van der Waals surface area contributed by atoms with Gasteiger partial charge in [-0.2, -0.15) is 23.5 Å². The third-order valence-corrected chi connectivity index (χ3v) is 15.7. The Morgan fingerprint density at radius 1 is 0.783 bits per heavy atom. The van der Waals surface area contributed by atoms with E-state index in [1.54, 1.807) is 20.8 Å². The number of benzene rings is 4. The number of ether oxygens (including phenoxy) is 2. The molecule has 0 radical (unpaired) electrons. The SMILES string of the molecule is CC(C)(C)OC(=O)N[C@@H](CSCc1ccccc1)C(=O)NCCC(=O)N[C@@H](CSCc1ccccc1)C(=O)Nc1ncc2c(n1)[C@@]1(C)CC[C@@H]3c4ccc(OCc5ccccc5)cc4CC[C@H]3[C@@H]1C2. The van der Waals surface area contributed by atoms with Gasteiger partial charge in [-0.3, -0.25) is 19.7 Å². The van der Waals surface area contributed by atoms with Gasteiger partial charge < -0.3 is 25.4 Å². The highest BCUT2D eigenvalue weighted by Gasteiger charge is 2.54. The number of amides is 4. The van der Waals surface area contributed by atoms with Crippen LogP contribution in [0.2, 0.25) is 0 Å². The highest BCUT2D eigenvalue weighted by molar-refractivity contribution is 7.98. The first kappa shape index (κ1) is 49.6. The van der Waals surface area contributed by atoms with Gasteiger partial charge in [0.25, 0.3) is 0 Å². The average molecular weight is 969 g/mol. The van der Waals surface area contributed by atoms with Crippen LogP contribution in [0.1, 0.15) is 98.4 Å². The second-order valence-electron chi connectivity index (χ2n) is 19.6. The summed E-state index contributed by atoms with van der Waals surface area (Å²) < 4.78 is 11.6.